The fourth-order valence-electron chi connectivity index (χ4n) is 1.59. The highest BCUT2D eigenvalue weighted by Gasteiger charge is 2.13. The van der Waals surface area contributed by atoms with Crippen LogP contribution in [0.25, 0.3) is 5.57 Å². The van der Waals surface area contributed by atoms with Gasteiger partial charge in [0.25, 0.3) is 0 Å². The van der Waals surface area contributed by atoms with Crippen molar-refractivity contribution in [3.8, 4) is 0 Å². The van der Waals surface area contributed by atoms with E-state index in [-0.39, 0.29) is 5.78 Å². The van der Waals surface area contributed by atoms with Crippen molar-refractivity contribution in [2.45, 2.75) is 26.2 Å². The van der Waals surface area contributed by atoms with Crippen LogP contribution in [-0.4, -0.2) is 5.78 Å². The van der Waals surface area contributed by atoms with E-state index in [1.165, 1.54) is 0 Å². The number of furan rings is 1. The molecule has 1 aromatic heterocycles. The number of hydrogen-bond donors (Lipinski definition) is 0. The van der Waals surface area contributed by atoms with Gasteiger partial charge in [-0.1, -0.05) is 0 Å². The van der Waals surface area contributed by atoms with E-state index in [1.54, 1.807) is 6.08 Å². The molecule has 0 saturated carbocycles. The molecule has 0 radical (unpaired) electrons. The largest absolute Gasteiger partial charge is 0.462 e. The second kappa shape index (κ2) is 3.21. The molecule has 2 nitrogen and oxygen atoms in total. The van der Waals surface area contributed by atoms with Crippen LogP contribution in [0.5, 0.6) is 0 Å². The van der Waals surface area contributed by atoms with Crippen molar-refractivity contribution >= 4 is 11.4 Å². The van der Waals surface area contributed by atoms with E-state index in [1.807, 2.05) is 19.1 Å². The van der Waals surface area contributed by atoms with E-state index < -0.39 is 0 Å². The Kier molecular flexibility index (Phi) is 2.05. The van der Waals surface area contributed by atoms with Crippen molar-refractivity contribution in [3.05, 3.63) is 29.7 Å². The first-order valence-electron chi connectivity index (χ1n) is 4.56. The molecule has 0 atom stereocenters. The zero-order valence-corrected chi connectivity index (χ0v) is 7.67. The van der Waals surface area contributed by atoms with Crippen LogP contribution < -0.4 is 0 Å². The van der Waals surface area contributed by atoms with Gasteiger partial charge >= 0.3 is 0 Å². The summed E-state index contributed by atoms with van der Waals surface area (Å²) in [5.74, 6) is 1.97. The third kappa shape index (κ3) is 1.72. The van der Waals surface area contributed by atoms with Crippen molar-refractivity contribution in [2.24, 2.45) is 0 Å². The highest BCUT2D eigenvalue weighted by molar-refractivity contribution is 5.97. The van der Waals surface area contributed by atoms with Crippen LogP contribution in [0.1, 0.15) is 30.8 Å². The summed E-state index contributed by atoms with van der Waals surface area (Å²) in [6.45, 7) is 1.91. The van der Waals surface area contributed by atoms with Gasteiger partial charge in [-0.15, -0.1) is 0 Å². The van der Waals surface area contributed by atoms with Gasteiger partial charge in [0.1, 0.15) is 11.5 Å². The number of carbonyl (C=O) groups is 1. The predicted octanol–water partition coefficient (Wildman–Crippen LogP) is 2.72. The molecular weight excluding hydrogens is 164 g/mol. The molecular formula is C11H12O2. The topological polar surface area (TPSA) is 30.2 Å². The van der Waals surface area contributed by atoms with E-state index in [0.29, 0.717) is 6.42 Å². The molecule has 1 aromatic rings. The molecule has 0 bridgehead atoms. The van der Waals surface area contributed by atoms with Crippen LogP contribution in [0, 0.1) is 6.92 Å². The first kappa shape index (κ1) is 8.30. The molecule has 2 heteroatoms. The minimum Gasteiger partial charge on any atom is -0.462 e. The molecule has 13 heavy (non-hydrogen) atoms. The summed E-state index contributed by atoms with van der Waals surface area (Å²) < 4.78 is 5.45. The lowest BCUT2D eigenvalue weighted by molar-refractivity contribution is -0.114. The minimum absolute atomic E-state index is 0.218. The molecule has 0 aromatic carbocycles. The maximum atomic E-state index is 11.1. The van der Waals surface area contributed by atoms with E-state index in [0.717, 1.165) is 29.9 Å². The number of hydrogen-bond acceptors (Lipinski definition) is 2. The van der Waals surface area contributed by atoms with Crippen LogP contribution in [0.3, 0.4) is 0 Å². The van der Waals surface area contributed by atoms with Gasteiger partial charge in [0.2, 0.25) is 0 Å². The summed E-state index contributed by atoms with van der Waals surface area (Å²) in [5, 5.41) is 0. The molecule has 1 aliphatic rings. The molecule has 0 spiro atoms. The molecule has 1 heterocycles. The van der Waals surface area contributed by atoms with Crippen LogP contribution in [0.4, 0.5) is 0 Å². The van der Waals surface area contributed by atoms with Gasteiger partial charge in [0, 0.05) is 6.42 Å². The number of rotatable bonds is 1. The summed E-state index contributed by atoms with van der Waals surface area (Å²) in [7, 11) is 0. The smallest absolute Gasteiger partial charge is 0.156 e. The Hall–Kier alpha value is -1.31. The number of allylic oxidation sites excluding steroid dienone is 2. The Morgan fingerprint density at radius 3 is 2.77 bits per heavy atom. The molecule has 0 saturated heterocycles. The second-order valence-corrected chi connectivity index (χ2v) is 3.40. The highest BCUT2D eigenvalue weighted by Crippen LogP contribution is 2.26. The summed E-state index contributed by atoms with van der Waals surface area (Å²) in [4.78, 5) is 11.1. The van der Waals surface area contributed by atoms with Gasteiger partial charge < -0.3 is 4.42 Å². The van der Waals surface area contributed by atoms with Gasteiger partial charge in [0.15, 0.2) is 5.78 Å². The number of aryl methyl sites for hydroxylation is 1. The molecule has 0 unspecified atom stereocenters. The highest BCUT2D eigenvalue weighted by atomic mass is 16.3. The predicted molar refractivity (Wildman–Crippen MR) is 50.3 cm³/mol. The summed E-state index contributed by atoms with van der Waals surface area (Å²) in [6.07, 6.45) is 4.30. The average Bonchev–Trinajstić information content (AvgIpc) is 2.52. The second-order valence-electron chi connectivity index (χ2n) is 3.40. The van der Waals surface area contributed by atoms with Crippen molar-refractivity contribution in [3.63, 3.8) is 0 Å². The van der Waals surface area contributed by atoms with Crippen molar-refractivity contribution < 1.29 is 9.21 Å². The molecule has 68 valence electrons. The van der Waals surface area contributed by atoms with Crippen LogP contribution in [0.15, 0.2) is 22.6 Å². The fraction of sp³-hybridized carbons (Fsp3) is 0.364. The maximum absolute atomic E-state index is 11.1. The van der Waals surface area contributed by atoms with Gasteiger partial charge in [0.05, 0.1) is 0 Å². The fourth-order valence-corrected chi connectivity index (χ4v) is 1.59. The standard InChI is InChI=1S/C11H12O2/c1-8-5-6-11(13-8)9-3-2-4-10(12)7-9/h5-7H,2-4H2,1H3. The van der Waals surface area contributed by atoms with Gasteiger partial charge in [-0.05, 0) is 43.5 Å². The monoisotopic (exact) mass is 176 g/mol. The molecule has 0 N–H and O–H groups in total. The summed E-state index contributed by atoms with van der Waals surface area (Å²) in [5.41, 5.74) is 1.05. The first-order valence-corrected chi connectivity index (χ1v) is 4.56. The average molecular weight is 176 g/mol. The lowest BCUT2D eigenvalue weighted by atomic mass is 9.97. The molecule has 0 fully saturated rings. The van der Waals surface area contributed by atoms with E-state index in [9.17, 15) is 4.79 Å². The normalized spacial score (nSPS) is 17.3. The Bertz CT molecular complexity index is 358. The molecule has 2 rings (SSSR count). The van der Waals surface area contributed by atoms with Gasteiger partial charge in [-0.3, -0.25) is 4.79 Å². The van der Waals surface area contributed by atoms with E-state index >= 15 is 0 Å². The van der Waals surface area contributed by atoms with Crippen molar-refractivity contribution in [1.82, 2.24) is 0 Å². The van der Waals surface area contributed by atoms with E-state index in [2.05, 4.69) is 0 Å². The van der Waals surface area contributed by atoms with Crippen LogP contribution in [-0.2, 0) is 4.79 Å². The zero-order valence-electron chi connectivity index (χ0n) is 7.67. The number of ketones is 1. The Morgan fingerprint density at radius 2 is 2.15 bits per heavy atom. The molecule has 0 amide bonds. The van der Waals surface area contributed by atoms with Crippen molar-refractivity contribution in [2.75, 3.05) is 0 Å². The third-order valence-electron chi connectivity index (χ3n) is 2.26. The quantitative estimate of drug-likeness (QED) is 0.658. The zero-order chi connectivity index (χ0) is 9.26. The van der Waals surface area contributed by atoms with Crippen LogP contribution >= 0.6 is 0 Å². The first-order chi connectivity index (χ1) is 6.25. The number of carbonyl (C=O) groups excluding carboxylic acids is 1. The lowest BCUT2D eigenvalue weighted by Gasteiger charge is -2.08. The molecule has 0 aliphatic heterocycles. The summed E-state index contributed by atoms with van der Waals surface area (Å²) in [6, 6.07) is 3.86. The minimum atomic E-state index is 0.218. The lowest BCUT2D eigenvalue weighted by Crippen LogP contribution is -2.01. The van der Waals surface area contributed by atoms with Gasteiger partial charge in [-0.2, -0.15) is 0 Å². The Morgan fingerprint density at radius 1 is 1.31 bits per heavy atom. The third-order valence-corrected chi connectivity index (χ3v) is 2.26. The van der Waals surface area contributed by atoms with Crippen LogP contribution in [0.2, 0.25) is 0 Å². The van der Waals surface area contributed by atoms with Crippen molar-refractivity contribution in [1.29, 1.82) is 0 Å². The Labute approximate surface area is 77.2 Å². The molecule has 1 aliphatic carbocycles. The van der Waals surface area contributed by atoms with Gasteiger partial charge in [-0.25, -0.2) is 0 Å². The Balaban J connectivity index is 2.30. The summed E-state index contributed by atoms with van der Waals surface area (Å²) >= 11 is 0. The maximum Gasteiger partial charge on any atom is 0.156 e. The van der Waals surface area contributed by atoms with E-state index in [4.69, 9.17) is 4.42 Å². The SMILES string of the molecule is Cc1ccc(C2=CC(=O)CCC2)o1.